The van der Waals surface area contributed by atoms with Gasteiger partial charge in [0.15, 0.2) is 4.96 Å². The Bertz CT molecular complexity index is 1210. The van der Waals surface area contributed by atoms with E-state index < -0.39 is 15.8 Å². The Labute approximate surface area is 153 Å². The van der Waals surface area contributed by atoms with Crippen LogP contribution in [-0.2, 0) is 10.0 Å². The average Bonchev–Trinajstić information content (AvgIpc) is 3.17. The number of thiazole rings is 1. The Hall–Kier alpha value is -2.71. The molecule has 0 atom stereocenters. The average molecular weight is 387 g/mol. The Morgan fingerprint density at radius 2 is 1.96 bits per heavy atom. The van der Waals surface area contributed by atoms with Gasteiger partial charge in [0.1, 0.15) is 10.7 Å². The van der Waals surface area contributed by atoms with Crippen molar-refractivity contribution < 1.29 is 12.8 Å². The number of rotatable bonds is 4. The molecule has 0 bridgehead atoms. The first-order valence-electron chi connectivity index (χ1n) is 7.75. The summed E-state index contributed by atoms with van der Waals surface area (Å²) in [6.45, 7) is 1.99. The van der Waals surface area contributed by atoms with E-state index in [0.717, 1.165) is 28.0 Å². The molecular weight excluding hydrogens is 373 g/mol. The van der Waals surface area contributed by atoms with Crippen molar-refractivity contribution in [1.82, 2.24) is 9.38 Å². The van der Waals surface area contributed by atoms with E-state index >= 15 is 0 Å². The fourth-order valence-electron chi connectivity index (χ4n) is 2.65. The second-order valence-corrected chi connectivity index (χ2v) is 8.26. The molecule has 132 valence electrons. The van der Waals surface area contributed by atoms with Crippen molar-refractivity contribution in [3.63, 3.8) is 0 Å². The Balaban J connectivity index is 1.68. The number of sulfonamides is 1. The lowest BCUT2D eigenvalue weighted by atomic mass is 10.1. The maximum atomic E-state index is 13.8. The number of imidazole rings is 1. The zero-order valence-corrected chi connectivity index (χ0v) is 15.3. The molecule has 4 aromatic rings. The maximum Gasteiger partial charge on any atom is 0.264 e. The van der Waals surface area contributed by atoms with Crippen LogP contribution in [0.5, 0.6) is 0 Å². The van der Waals surface area contributed by atoms with Gasteiger partial charge in [0, 0.05) is 28.5 Å². The van der Waals surface area contributed by atoms with E-state index in [2.05, 4.69) is 9.71 Å². The summed E-state index contributed by atoms with van der Waals surface area (Å²) in [6, 6.07) is 12.2. The summed E-state index contributed by atoms with van der Waals surface area (Å²) in [7, 11) is -4.01. The lowest BCUT2D eigenvalue weighted by molar-refractivity contribution is 0.570. The topological polar surface area (TPSA) is 63.5 Å². The van der Waals surface area contributed by atoms with Gasteiger partial charge < -0.3 is 0 Å². The summed E-state index contributed by atoms with van der Waals surface area (Å²) < 4.78 is 43.1. The van der Waals surface area contributed by atoms with E-state index in [-0.39, 0.29) is 4.90 Å². The molecule has 0 saturated heterocycles. The molecule has 0 aliphatic carbocycles. The second kappa shape index (κ2) is 6.22. The molecule has 1 N–H and O–H groups in total. The molecule has 2 heterocycles. The van der Waals surface area contributed by atoms with Crippen molar-refractivity contribution >= 4 is 32.0 Å². The van der Waals surface area contributed by atoms with Crippen molar-refractivity contribution in [3.05, 3.63) is 71.6 Å². The fraction of sp³-hybridized carbons (Fsp3) is 0.0556. The summed E-state index contributed by atoms with van der Waals surface area (Å²) in [4.78, 5) is 5.04. The number of nitrogens with zero attached hydrogens (tertiary/aromatic N) is 2. The van der Waals surface area contributed by atoms with E-state index in [0.29, 0.717) is 5.69 Å². The zero-order chi connectivity index (χ0) is 18.3. The minimum absolute atomic E-state index is 0.346. The molecule has 0 aliphatic rings. The summed E-state index contributed by atoms with van der Waals surface area (Å²) in [6.07, 6.45) is 1.91. The fourth-order valence-corrected chi connectivity index (χ4v) is 4.63. The number of hydrogen-bond acceptors (Lipinski definition) is 4. The van der Waals surface area contributed by atoms with Crippen molar-refractivity contribution in [1.29, 1.82) is 0 Å². The predicted molar refractivity (Wildman–Crippen MR) is 100 cm³/mol. The van der Waals surface area contributed by atoms with Crippen molar-refractivity contribution in [3.8, 4) is 11.3 Å². The van der Waals surface area contributed by atoms with Crippen molar-refractivity contribution in [2.75, 3.05) is 4.72 Å². The zero-order valence-electron chi connectivity index (χ0n) is 13.7. The van der Waals surface area contributed by atoms with Crippen molar-refractivity contribution in [2.45, 2.75) is 11.8 Å². The van der Waals surface area contributed by atoms with Crippen LogP contribution < -0.4 is 4.72 Å². The Morgan fingerprint density at radius 1 is 1.15 bits per heavy atom. The molecule has 0 saturated carbocycles. The van der Waals surface area contributed by atoms with Crippen LogP contribution in [0.2, 0.25) is 0 Å². The smallest absolute Gasteiger partial charge is 0.264 e. The standard InChI is InChI=1S/C18H14FN3O2S2/c1-12-11-25-18-20-16(10-22(12)18)13-5-4-6-14(9-13)21-26(23,24)17-8-3-2-7-15(17)19/h2-11,21H,1H3. The first-order valence-corrected chi connectivity index (χ1v) is 10.1. The van der Waals surface area contributed by atoms with E-state index in [9.17, 15) is 12.8 Å². The highest BCUT2D eigenvalue weighted by Gasteiger charge is 2.19. The van der Waals surface area contributed by atoms with Crippen LogP contribution in [0, 0.1) is 12.7 Å². The van der Waals surface area contributed by atoms with Crippen LogP contribution in [0.25, 0.3) is 16.2 Å². The van der Waals surface area contributed by atoms with Gasteiger partial charge >= 0.3 is 0 Å². The predicted octanol–water partition coefficient (Wildman–Crippen LogP) is 4.31. The van der Waals surface area contributed by atoms with Gasteiger partial charge in [0.25, 0.3) is 10.0 Å². The first-order chi connectivity index (χ1) is 12.4. The minimum atomic E-state index is -4.01. The third-order valence-electron chi connectivity index (χ3n) is 3.93. The summed E-state index contributed by atoms with van der Waals surface area (Å²) in [5, 5.41) is 2.02. The molecule has 0 unspecified atom stereocenters. The lowest BCUT2D eigenvalue weighted by Crippen LogP contribution is -2.14. The van der Waals surface area contributed by atoms with Gasteiger partial charge in [0.2, 0.25) is 0 Å². The number of aryl methyl sites for hydroxylation is 1. The van der Waals surface area contributed by atoms with E-state index in [1.54, 1.807) is 29.5 Å². The highest BCUT2D eigenvalue weighted by Crippen LogP contribution is 2.26. The molecule has 4 rings (SSSR count). The molecule has 5 nitrogen and oxygen atoms in total. The summed E-state index contributed by atoms with van der Waals surface area (Å²) in [5.74, 6) is -0.791. The van der Waals surface area contributed by atoms with Crippen LogP contribution in [0.1, 0.15) is 5.69 Å². The van der Waals surface area contributed by atoms with Gasteiger partial charge in [-0.3, -0.25) is 9.12 Å². The number of nitrogens with one attached hydrogen (secondary N) is 1. The molecule has 0 amide bonds. The molecule has 8 heteroatoms. The number of hydrogen-bond donors (Lipinski definition) is 1. The van der Waals surface area contributed by atoms with Crippen LogP contribution in [-0.4, -0.2) is 17.8 Å². The van der Waals surface area contributed by atoms with Gasteiger partial charge in [-0.1, -0.05) is 24.3 Å². The van der Waals surface area contributed by atoms with Crippen molar-refractivity contribution in [2.24, 2.45) is 0 Å². The normalized spacial score (nSPS) is 11.8. The number of halogens is 1. The quantitative estimate of drug-likeness (QED) is 0.567. The molecule has 26 heavy (non-hydrogen) atoms. The summed E-state index contributed by atoms with van der Waals surface area (Å²) >= 11 is 1.54. The molecule has 0 fully saturated rings. The first kappa shape index (κ1) is 16.7. The van der Waals surface area contributed by atoms with Crippen LogP contribution in [0.15, 0.2) is 65.0 Å². The van der Waals surface area contributed by atoms with Gasteiger partial charge in [-0.25, -0.2) is 17.8 Å². The third-order valence-corrected chi connectivity index (χ3v) is 6.30. The highest BCUT2D eigenvalue weighted by atomic mass is 32.2. The van der Waals surface area contributed by atoms with Crippen LogP contribution in [0.3, 0.4) is 0 Å². The van der Waals surface area contributed by atoms with Crippen LogP contribution in [0.4, 0.5) is 10.1 Å². The number of benzene rings is 2. The molecule has 2 aromatic heterocycles. The van der Waals surface area contributed by atoms with Gasteiger partial charge in [0.05, 0.1) is 5.69 Å². The van der Waals surface area contributed by atoms with E-state index in [1.165, 1.54) is 18.2 Å². The van der Waals surface area contributed by atoms with E-state index in [4.69, 9.17) is 0 Å². The number of aromatic nitrogens is 2. The lowest BCUT2D eigenvalue weighted by Gasteiger charge is -2.09. The molecule has 0 radical (unpaired) electrons. The second-order valence-electron chi connectivity index (χ2n) is 5.77. The molecule has 2 aromatic carbocycles. The van der Waals surface area contributed by atoms with Gasteiger partial charge in [-0.2, -0.15) is 0 Å². The molecule has 0 spiro atoms. The van der Waals surface area contributed by atoms with Gasteiger partial charge in [-0.15, -0.1) is 11.3 Å². The highest BCUT2D eigenvalue weighted by molar-refractivity contribution is 7.92. The Morgan fingerprint density at radius 3 is 2.73 bits per heavy atom. The molecular formula is C18H14FN3O2S2. The summed E-state index contributed by atoms with van der Waals surface area (Å²) in [5.41, 5.74) is 2.94. The minimum Gasteiger partial charge on any atom is -0.294 e. The van der Waals surface area contributed by atoms with E-state index in [1.807, 2.05) is 29.0 Å². The van der Waals surface area contributed by atoms with Gasteiger partial charge in [-0.05, 0) is 31.2 Å². The third kappa shape index (κ3) is 2.97. The monoisotopic (exact) mass is 387 g/mol. The SMILES string of the molecule is Cc1csc2nc(-c3cccc(NS(=O)(=O)c4ccccc4F)c3)cn12. The maximum absolute atomic E-state index is 13.8. The largest absolute Gasteiger partial charge is 0.294 e. The Kier molecular flexibility index (Phi) is 4.01. The number of fused-ring (bicyclic) bond motifs is 1. The van der Waals surface area contributed by atoms with Crippen LogP contribution >= 0.6 is 11.3 Å². The number of anilines is 1. The molecule has 0 aliphatic heterocycles.